The van der Waals surface area contributed by atoms with Crippen molar-refractivity contribution < 1.29 is 35.5 Å². The molecule has 1 aliphatic heterocycles. The molecule has 0 aliphatic carbocycles. The van der Waals surface area contributed by atoms with Crippen molar-refractivity contribution in [1.82, 2.24) is 0 Å². The van der Waals surface area contributed by atoms with Gasteiger partial charge < -0.3 is 14.8 Å². The van der Waals surface area contributed by atoms with Crippen LogP contribution in [-0.4, -0.2) is 42.5 Å². The highest BCUT2D eigenvalue weighted by molar-refractivity contribution is 7.93. The van der Waals surface area contributed by atoms with Crippen molar-refractivity contribution in [1.29, 1.82) is 0 Å². The number of aryl methyl sites for hydroxylation is 2. The average molecular weight is 626 g/mol. The second kappa shape index (κ2) is 11.9. The van der Waals surface area contributed by atoms with E-state index >= 15 is 0 Å². The van der Waals surface area contributed by atoms with Crippen LogP contribution in [0.4, 0.5) is 21.5 Å². The Morgan fingerprint density at radius 3 is 2.16 bits per heavy atom. The molecule has 13 heteroatoms. The summed E-state index contributed by atoms with van der Waals surface area (Å²) in [6.07, 6.45) is 0. The van der Waals surface area contributed by atoms with E-state index in [9.17, 15) is 26.0 Å². The number of hydrogen-bond donors (Lipinski definition) is 2. The van der Waals surface area contributed by atoms with Crippen LogP contribution in [0.25, 0.3) is 0 Å². The number of rotatable bonds is 9. The van der Waals surface area contributed by atoms with Crippen LogP contribution in [0.2, 0.25) is 0 Å². The van der Waals surface area contributed by atoms with Gasteiger partial charge in [0.2, 0.25) is 5.91 Å². The zero-order chi connectivity index (χ0) is 30.8. The number of nitrogens with zero attached hydrogens (tertiary/aromatic N) is 1. The van der Waals surface area contributed by atoms with Crippen LogP contribution >= 0.6 is 0 Å². The summed E-state index contributed by atoms with van der Waals surface area (Å²) in [4.78, 5) is 12.9. The first-order chi connectivity index (χ1) is 20.4. The number of ether oxygens (including phenoxy) is 2. The largest absolute Gasteiger partial charge is 0.486 e. The van der Waals surface area contributed by atoms with Gasteiger partial charge in [-0.25, -0.2) is 21.2 Å². The zero-order valence-corrected chi connectivity index (χ0v) is 24.8. The van der Waals surface area contributed by atoms with Crippen molar-refractivity contribution in [3.8, 4) is 11.5 Å². The number of carbonyl (C=O) groups is 1. The van der Waals surface area contributed by atoms with E-state index in [2.05, 4.69) is 10.0 Å². The van der Waals surface area contributed by atoms with Gasteiger partial charge in [-0.3, -0.25) is 13.8 Å². The third-order valence-corrected chi connectivity index (χ3v) is 9.74. The molecule has 0 saturated carbocycles. The minimum Gasteiger partial charge on any atom is -0.486 e. The lowest BCUT2D eigenvalue weighted by molar-refractivity contribution is -0.114. The van der Waals surface area contributed by atoms with Crippen molar-refractivity contribution >= 4 is 43.0 Å². The van der Waals surface area contributed by atoms with E-state index < -0.39 is 38.3 Å². The third-order valence-electron chi connectivity index (χ3n) is 6.59. The second-order valence-corrected chi connectivity index (χ2v) is 13.3. The van der Waals surface area contributed by atoms with Gasteiger partial charge in [-0.05, 0) is 91.7 Å². The van der Waals surface area contributed by atoms with Crippen LogP contribution < -0.4 is 23.8 Å². The first kappa shape index (κ1) is 29.9. The number of fused-ring (bicyclic) bond motifs is 1. The predicted octanol–water partition coefficient (Wildman–Crippen LogP) is 4.85. The molecule has 0 atom stereocenters. The summed E-state index contributed by atoms with van der Waals surface area (Å²) >= 11 is 0. The van der Waals surface area contributed by atoms with Gasteiger partial charge in [0.05, 0.1) is 21.2 Å². The minimum absolute atomic E-state index is 0.0273. The van der Waals surface area contributed by atoms with Gasteiger partial charge >= 0.3 is 0 Å². The van der Waals surface area contributed by atoms with E-state index in [1.807, 2.05) is 19.1 Å². The number of benzene rings is 4. The SMILES string of the molecule is Cc1ccc(C)c(NS(=O)(=O)c2ccc(NC(=O)CN(c3ccc(F)cc3)S(=O)(=O)c3ccc4c(c3)OCCO4)cc2)c1. The van der Waals surface area contributed by atoms with Crippen LogP contribution in [0.1, 0.15) is 11.1 Å². The predicted molar refractivity (Wildman–Crippen MR) is 160 cm³/mol. The van der Waals surface area contributed by atoms with Crippen molar-refractivity contribution in [3.63, 3.8) is 0 Å². The fourth-order valence-corrected chi connectivity index (χ4v) is 6.89. The van der Waals surface area contributed by atoms with Crippen LogP contribution in [0.3, 0.4) is 0 Å². The molecule has 4 aromatic rings. The van der Waals surface area contributed by atoms with Crippen molar-refractivity contribution in [2.24, 2.45) is 0 Å². The number of hydrogen-bond acceptors (Lipinski definition) is 7. The first-order valence-electron chi connectivity index (χ1n) is 13.1. The summed E-state index contributed by atoms with van der Waals surface area (Å²) in [5.41, 5.74) is 2.41. The molecule has 0 aromatic heterocycles. The number of halogens is 1. The van der Waals surface area contributed by atoms with Gasteiger partial charge in [-0.15, -0.1) is 0 Å². The Bertz CT molecular complexity index is 1880. The first-order valence-corrected chi connectivity index (χ1v) is 16.0. The van der Waals surface area contributed by atoms with Crippen molar-refractivity contribution in [2.45, 2.75) is 23.6 Å². The molecule has 2 N–H and O–H groups in total. The zero-order valence-electron chi connectivity index (χ0n) is 23.2. The Kier molecular flexibility index (Phi) is 8.29. The van der Waals surface area contributed by atoms with E-state index in [4.69, 9.17) is 9.47 Å². The summed E-state index contributed by atoms with van der Waals surface area (Å²) in [6, 6.07) is 19.7. The molecule has 0 spiro atoms. The summed E-state index contributed by atoms with van der Waals surface area (Å²) in [5.74, 6) is -0.648. The molecule has 4 aromatic carbocycles. The minimum atomic E-state index is -4.32. The maximum Gasteiger partial charge on any atom is 0.264 e. The fourth-order valence-electron chi connectivity index (χ4n) is 4.33. The Morgan fingerprint density at radius 2 is 1.47 bits per heavy atom. The normalized spacial score (nSPS) is 12.8. The highest BCUT2D eigenvalue weighted by atomic mass is 32.2. The number of anilines is 3. The highest BCUT2D eigenvalue weighted by Gasteiger charge is 2.29. The maximum atomic E-state index is 13.7. The Balaban J connectivity index is 1.35. The molecule has 5 rings (SSSR count). The fraction of sp³-hybridized carbons (Fsp3) is 0.167. The molecule has 0 unspecified atom stereocenters. The Labute approximate surface area is 249 Å². The Morgan fingerprint density at radius 1 is 0.814 bits per heavy atom. The summed E-state index contributed by atoms with van der Waals surface area (Å²) in [7, 11) is -8.24. The van der Waals surface area contributed by atoms with Crippen molar-refractivity contribution in [2.75, 3.05) is 34.1 Å². The lowest BCUT2D eigenvalue weighted by Crippen LogP contribution is -2.38. The molecule has 0 bridgehead atoms. The maximum absolute atomic E-state index is 13.7. The van der Waals surface area contributed by atoms with E-state index in [1.54, 1.807) is 13.0 Å². The monoisotopic (exact) mass is 625 g/mol. The topological polar surface area (TPSA) is 131 Å². The molecule has 1 heterocycles. The van der Waals surface area contributed by atoms with Gasteiger partial charge in [-0.2, -0.15) is 0 Å². The quantitative estimate of drug-likeness (QED) is 0.272. The lowest BCUT2D eigenvalue weighted by Gasteiger charge is -2.25. The molecular formula is C30H28FN3O7S2. The van der Waals surface area contributed by atoms with E-state index in [0.717, 1.165) is 27.6 Å². The smallest absolute Gasteiger partial charge is 0.264 e. The van der Waals surface area contributed by atoms with Gasteiger partial charge in [0, 0.05) is 11.8 Å². The number of sulfonamides is 2. The number of carbonyl (C=O) groups excluding carboxylic acids is 1. The molecule has 224 valence electrons. The molecule has 0 saturated heterocycles. The summed E-state index contributed by atoms with van der Waals surface area (Å²) in [6.45, 7) is 3.57. The summed E-state index contributed by atoms with van der Waals surface area (Å²) in [5, 5.41) is 2.59. The van der Waals surface area contributed by atoms with Crippen LogP contribution in [0.5, 0.6) is 11.5 Å². The summed E-state index contributed by atoms with van der Waals surface area (Å²) < 4.78 is 81.4. The van der Waals surface area contributed by atoms with Crippen LogP contribution in [0, 0.1) is 19.7 Å². The molecule has 10 nitrogen and oxygen atoms in total. The standard InChI is InChI=1S/C30H28FN3O7S2/c1-20-3-4-21(2)27(17-20)33-42(36,37)25-11-7-23(8-12-25)32-30(35)19-34(24-9-5-22(31)6-10-24)43(38,39)26-13-14-28-29(18-26)41-16-15-40-28/h3-14,17-18,33H,15-16,19H2,1-2H3,(H,32,35). The average Bonchev–Trinajstić information content (AvgIpc) is 2.98. The highest BCUT2D eigenvalue weighted by Crippen LogP contribution is 2.34. The van der Waals surface area contributed by atoms with E-state index in [0.29, 0.717) is 18.0 Å². The molecule has 1 aliphatic rings. The van der Waals surface area contributed by atoms with Gasteiger partial charge in [-0.1, -0.05) is 12.1 Å². The van der Waals surface area contributed by atoms with E-state index in [-0.39, 0.29) is 33.5 Å². The second-order valence-electron chi connectivity index (χ2n) is 9.79. The molecule has 0 radical (unpaired) electrons. The lowest BCUT2D eigenvalue weighted by atomic mass is 10.1. The van der Waals surface area contributed by atoms with E-state index in [1.165, 1.54) is 54.6 Å². The Hall–Kier alpha value is -4.62. The van der Waals surface area contributed by atoms with Crippen molar-refractivity contribution in [3.05, 3.63) is 102 Å². The third kappa shape index (κ3) is 6.73. The number of nitrogens with one attached hydrogen (secondary N) is 2. The van der Waals surface area contributed by atoms with Crippen LogP contribution in [-0.2, 0) is 24.8 Å². The van der Waals surface area contributed by atoms with Gasteiger partial charge in [0.25, 0.3) is 20.0 Å². The molecular weight excluding hydrogens is 597 g/mol. The van der Waals surface area contributed by atoms with Crippen LogP contribution in [0.15, 0.2) is 94.7 Å². The molecule has 43 heavy (non-hydrogen) atoms. The number of amides is 1. The molecule has 0 fully saturated rings. The van der Waals surface area contributed by atoms with Gasteiger partial charge in [0.1, 0.15) is 25.6 Å². The van der Waals surface area contributed by atoms with Gasteiger partial charge in [0.15, 0.2) is 11.5 Å². The molecule has 1 amide bonds.